The number of rotatable bonds is 3. The van der Waals surface area contributed by atoms with E-state index in [-0.39, 0.29) is 6.54 Å². The van der Waals surface area contributed by atoms with Gasteiger partial charge in [-0.15, -0.1) is 0 Å². The first-order chi connectivity index (χ1) is 5.25. The van der Waals surface area contributed by atoms with Crippen molar-refractivity contribution in [2.75, 3.05) is 6.54 Å². The predicted octanol–water partition coefficient (Wildman–Crippen LogP) is -0.193. The summed E-state index contributed by atoms with van der Waals surface area (Å²) in [4.78, 5) is 10.7. The molecule has 0 aliphatic rings. The maximum absolute atomic E-state index is 10.7. The quantitative estimate of drug-likeness (QED) is 0.632. The minimum absolute atomic E-state index is 0.183. The monoisotopic (exact) mass is 154 g/mol. The fraction of sp³-hybridized carbons (Fsp3) is 0.286. The van der Waals surface area contributed by atoms with Crippen LogP contribution in [0.25, 0.3) is 0 Å². The van der Waals surface area contributed by atoms with E-state index in [2.05, 4.69) is 0 Å². The average molecular weight is 154 g/mol. The van der Waals surface area contributed by atoms with Crippen LogP contribution in [-0.4, -0.2) is 12.5 Å². The van der Waals surface area contributed by atoms with Gasteiger partial charge < -0.3 is 15.9 Å². The molecule has 0 saturated carbocycles. The van der Waals surface area contributed by atoms with Gasteiger partial charge >= 0.3 is 0 Å². The van der Waals surface area contributed by atoms with Gasteiger partial charge in [0, 0.05) is 6.54 Å². The highest BCUT2D eigenvalue weighted by Gasteiger charge is 2.17. The van der Waals surface area contributed by atoms with Crippen LogP contribution in [0.3, 0.4) is 0 Å². The van der Waals surface area contributed by atoms with Crippen LogP contribution in [0.1, 0.15) is 11.7 Å². The molecule has 60 valence electrons. The first kappa shape index (κ1) is 7.81. The van der Waals surface area contributed by atoms with Gasteiger partial charge in [-0.2, -0.15) is 0 Å². The molecule has 1 heterocycles. The van der Waals surface area contributed by atoms with Crippen LogP contribution in [0.15, 0.2) is 22.8 Å². The Kier molecular flexibility index (Phi) is 2.28. The highest BCUT2D eigenvalue weighted by atomic mass is 16.3. The Morgan fingerprint density at radius 1 is 1.73 bits per heavy atom. The van der Waals surface area contributed by atoms with E-state index in [0.717, 1.165) is 0 Å². The number of hydrogen-bond acceptors (Lipinski definition) is 3. The van der Waals surface area contributed by atoms with E-state index in [9.17, 15) is 4.79 Å². The third-order valence-corrected chi connectivity index (χ3v) is 1.47. The molecular weight excluding hydrogens is 144 g/mol. The van der Waals surface area contributed by atoms with Crippen LogP contribution in [-0.2, 0) is 4.79 Å². The minimum atomic E-state index is -0.495. The SMILES string of the molecule is NCC(C(N)=O)c1ccco1. The topological polar surface area (TPSA) is 82.2 Å². The van der Waals surface area contributed by atoms with Crippen molar-refractivity contribution >= 4 is 5.91 Å². The van der Waals surface area contributed by atoms with E-state index >= 15 is 0 Å². The zero-order valence-electron chi connectivity index (χ0n) is 5.99. The molecule has 0 aromatic carbocycles. The number of furan rings is 1. The van der Waals surface area contributed by atoms with Crippen molar-refractivity contribution in [1.29, 1.82) is 0 Å². The van der Waals surface area contributed by atoms with Crippen molar-refractivity contribution in [2.45, 2.75) is 5.92 Å². The molecule has 4 N–H and O–H groups in total. The maximum atomic E-state index is 10.7. The molecule has 0 radical (unpaired) electrons. The maximum Gasteiger partial charge on any atom is 0.229 e. The van der Waals surface area contributed by atoms with Gasteiger partial charge in [0.1, 0.15) is 11.7 Å². The van der Waals surface area contributed by atoms with Gasteiger partial charge in [-0.25, -0.2) is 0 Å². The molecule has 1 unspecified atom stereocenters. The van der Waals surface area contributed by atoms with Crippen molar-refractivity contribution in [2.24, 2.45) is 11.5 Å². The van der Waals surface area contributed by atoms with E-state index in [1.54, 1.807) is 12.1 Å². The molecule has 4 nitrogen and oxygen atoms in total. The smallest absolute Gasteiger partial charge is 0.229 e. The number of amides is 1. The third-order valence-electron chi connectivity index (χ3n) is 1.47. The summed E-state index contributed by atoms with van der Waals surface area (Å²) in [5.74, 6) is -0.424. The van der Waals surface area contributed by atoms with E-state index in [4.69, 9.17) is 15.9 Å². The molecule has 1 aromatic heterocycles. The molecule has 0 saturated heterocycles. The molecule has 11 heavy (non-hydrogen) atoms. The zero-order chi connectivity index (χ0) is 8.27. The second kappa shape index (κ2) is 3.21. The lowest BCUT2D eigenvalue weighted by molar-refractivity contribution is -0.119. The number of nitrogens with two attached hydrogens (primary N) is 2. The molecule has 1 rings (SSSR count). The molecule has 0 spiro atoms. The highest BCUT2D eigenvalue weighted by Crippen LogP contribution is 2.13. The molecule has 4 heteroatoms. The molecule has 1 amide bonds. The highest BCUT2D eigenvalue weighted by molar-refractivity contribution is 5.81. The molecule has 0 fully saturated rings. The Bertz CT molecular complexity index is 231. The fourth-order valence-corrected chi connectivity index (χ4v) is 0.862. The minimum Gasteiger partial charge on any atom is -0.468 e. The largest absolute Gasteiger partial charge is 0.468 e. The van der Waals surface area contributed by atoms with Crippen molar-refractivity contribution in [3.8, 4) is 0 Å². The van der Waals surface area contributed by atoms with E-state index in [1.807, 2.05) is 0 Å². The second-order valence-corrected chi connectivity index (χ2v) is 2.21. The summed E-state index contributed by atoms with van der Waals surface area (Å²) in [6.07, 6.45) is 1.49. The first-order valence-corrected chi connectivity index (χ1v) is 3.28. The van der Waals surface area contributed by atoms with Crippen LogP contribution in [0.5, 0.6) is 0 Å². The Balaban J connectivity index is 2.79. The Hall–Kier alpha value is -1.29. The number of carbonyl (C=O) groups excluding carboxylic acids is 1. The first-order valence-electron chi connectivity index (χ1n) is 3.28. The molecule has 0 aliphatic carbocycles. The molecule has 0 aliphatic heterocycles. The molecule has 1 aromatic rings. The van der Waals surface area contributed by atoms with Gasteiger partial charge in [-0.1, -0.05) is 0 Å². The lowest BCUT2D eigenvalue weighted by Crippen LogP contribution is -2.27. The normalized spacial score (nSPS) is 12.8. The zero-order valence-corrected chi connectivity index (χ0v) is 5.99. The van der Waals surface area contributed by atoms with Crippen molar-refractivity contribution < 1.29 is 9.21 Å². The van der Waals surface area contributed by atoms with Crippen LogP contribution >= 0.6 is 0 Å². The second-order valence-electron chi connectivity index (χ2n) is 2.21. The summed E-state index contributed by atoms with van der Waals surface area (Å²) in [6.45, 7) is 0.183. The van der Waals surface area contributed by atoms with Gasteiger partial charge in [-0.05, 0) is 12.1 Å². The van der Waals surface area contributed by atoms with Crippen LogP contribution in [0, 0.1) is 0 Å². The van der Waals surface area contributed by atoms with Gasteiger partial charge in [0.05, 0.1) is 6.26 Å². The number of primary amides is 1. The van der Waals surface area contributed by atoms with Crippen LogP contribution < -0.4 is 11.5 Å². The van der Waals surface area contributed by atoms with E-state index in [1.165, 1.54) is 6.26 Å². The van der Waals surface area contributed by atoms with E-state index < -0.39 is 11.8 Å². The Morgan fingerprint density at radius 3 is 2.82 bits per heavy atom. The summed E-state index contributed by atoms with van der Waals surface area (Å²) >= 11 is 0. The lowest BCUT2D eigenvalue weighted by atomic mass is 10.1. The predicted molar refractivity (Wildman–Crippen MR) is 39.7 cm³/mol. The van der Waals surface area contributed by atoms with Gasteiger partial charge in [0.15, 0.2) is 0 Å². The van der Waals surface area contributed by atoms with Crippen molar-refractivity contribution in [3.63, 3.8) is 0 Å². The summed E-state index contributed by atoms with van der Waals surface area (Å²) in [5.41, 5.74) is 10.4. The van der Waals surface area contributed by atoms with Crippen LogP contribution in [0.4, 0.5) is 0 Å². The van der Waals surface area contributed by atoms with Crippen LogP contribution in [0.2, 0.25) is 0 Å². The van der Waals surface area contributed by atoms with Gasteiger partial charge in [-0.3, -0.25) is 4.79 Å². The molecule has 0 bridgehead atoms. The molecular formula is C7H10N2O2. The van der Waals surface area contributed by atoms with E-state index in [0.29, 0.717) is 5.76 Å². The number of hydrogen-bond donors (Lipinski definition) is 2. The summed E-state index contributed by atoms with van der Waals surface area (Å²) in [7, 11) is 0. The average Bonchev–Trinajstić information content (AvgIpc) is 2.40. The summed E-state index contributed by atoms with van der Waals surface area (Å²) < 4.78 is 4.97. The summed E-state index contributed by atoms with van der Waals surface area (Å²) in [6, 6.07) is 3.38. The van der Waals surface area contributed by atoms with Crippen molar-refractivity contribution in [3.05, 3.63) is 24.2 Å². The van der Waals surface area contributed by atoms with Crippen molar-refractivity contribution in [1.82, 2.24) is 0 Å². The van der Waals surface area contributed by atoms with Gasteiger partial charge in [0.2, 0.25) is 5.91 Å². The number of carbonyl (C=O) groups is 1. The lowest BCUT2D eigenvalue weighted by Gasteiger charge is -2.05. The fourth-order valence-electron chi connectivity index (χ4n) is 0.862. The van der Waals surface area contributed by atoms with Gasteiger partial charge in [0.25, 0.3) is 0 Å². The standard InChI is InChI=1S/C7H10N2O2/c8-4-5(7(9)10)6-2-1-3-11-6/h1-3,5H,4,8H2,(H2,9,10). The summed E-state index contributed by atoms with van der Waals surface area (Å²) in [5, 5.41) is 0. The third kappa shape index (κ3) is 1.59. The Morgan fingerprint density at radius 2 is 2.45 bits per heavy atom. The Labute approximate surface area is 64.2 Å². The molecule has 1 atom stereocenters.